The van der Waals surface area contributed by atoms with E-state index in [0.717, 1.165) is 16.2 Å². The van der Waals surface area contributed by atoms with E-state index >= 15 is 0 Å². The summed E-state index contributed by atoms with van der Waals surface area (Å²) in [6.45, 7) is 3.42. The van der Waals surface area contributed by atoms with E-state index in [9.17, 15) is 9.59 Å². The van der Waals surface area contributed by atoms with Gasteiger partial charge in [-0.3, -0.25) is 4.79 Å². The number of rotatable bonds is 10. The van der Waals surface area contributed by atoms with Crippen molar-refractivity contribution in [3.05, 3.63) is 54.1 Å². The molecule has 2 aromatic rings. The molecule has 0 aliphatic carbocycles. The van der Waals surface area contributed by atoms with E-state index in [4.69, 9.17) is 9.84 Å². The Morgan fingerprint density at radius 2 is 1.64 bits per heavy atom. The average molecular weight is 401 g/mol. The molecule has 7 heteroatoms. The molecule has 0 saturated carbocycles. The van der Waals surface area contributed by atoms with Crippen molar-refractivity contribution >= 4 is 29.2 Å². The summed E-state index contributed by atoms with van der Waals surface area (Å²) in [7, 11) is 0. The van der Waals surface area contributed by atoms with Crippen LogP contribution in [-0.2, 0) is 9.63 Å². The lowest BCUT2D eigenvalue weighted by atomic mass is 10.0. The number of hydrogen-bond acceptors (Lipinski definition) is 7. The van der Waals surface area contributed by atoms with Crippen LogP contribution < -0.4 is 4.74 Å². The molecule has 2 aromatic carbocycles. The largest absolute Gasteiger partial charge is 0.491 e. The van der Waals surface area contributed by atoms with Crippen LogP contribution in [0.3, 0.4) is 0 Å². The highest BCUT2D eigenvalue weighted by Gasteiger charge is 2.15. The van der Waals surface area contributed by atoms with Crippen LogP contribution in [0.15, 0.2) is 63.5 Å². The molecule has 0 heterocycles. The average Bonchev–Trinajstić information content (AvgIpc) is 2.70. The van der Waals surface area contributed by atoms with Gasteiger partial charge in [0.25, 0.3) is 0 Å². The van der Waals surface area contributed by atoms with E-state index in [2.05, 4.69) is 9.99 Å². The summed E-state index contributed by atoms with van der Waals surface area (Å²) in [6.07, 6.45) is 1.16. The Morgan fingerprint density at radius 3 is 2.18 bits per heavy atom. The number of nitrogens with zero attached hydrogens (tertiary/aromatic N) is 1. The summed E-state index contributed by atoms with van der Waals surface area (Å²) in [4.78, 5) is 30.2. The van der Waals surface area contributed by atoms with Crippen molar-refractivity contribution in [2.45, 2.75) is 36.5 Å². The lowest BCUT2D eigenvalue weighted by Gasteiger charge is -2.07. The van der Waals surface area contributed by atoms with Crippen LogP contribution in [0.25, 0.3) is 0 Å². The molecule has 0 atom stereocenters. The zero-order chi connectivity index (χ0) is 20.4. The molecule has 0 aliphatic rings. The summed E-state index contributed by atoms with van der Waals surface area (Å²) < 4.78 is 5.34. The van der Waals surface area contributed by atoms with Gasteiger partial charge in [0.1, 0.15) is 18.1 Å². The highest BCUT2D eigenvalue weighted by molar-refractivity contribution is 7.99. The highest BCUT2D eigenvalue weighted by atomic mass is 32.2. The zero-order valence-electron chi connectivity index (χ0n) is 15.9. The number of Topliss-reactive ketones (excluding diaryl/α,β-unsaturated/α-hetero) is 1. The number of carbonyl (C=O) groups excluding carboxylic acids is 2. The third kappa shape index (κ3) is 6.83. The van der Waals surface area contributed by atoms with Gasteiger partial charge >= 0.3 is 5.97 Å². The fourth-order valence-corrected chi connectivity index (χ4v) is 3.12. The first kappa shape index (κ1) is 21.7. The Labute approximate surface area is 168 Å². The maximum atomic E-state index is 12.6. The zero-order valence-corrected chi connectivity index (χ0v) is 16.7. The van der Waals surface area contributed by atoms with Crippen molar-refractivity contribution in [1.29, 1.82) is 0 Å². The molecule has 0 amide bonds. The Morgan fingerprint density at radius 1 is 1.04 bits per heavy atom. The summed E-state index contributed by atoms with van der Waals surface area (Å²) in [5, 5.41) is 12.5. The number of benzene rings is 2. The van der Waals surface area contributed by atoms with Crippen LogP contribution in [0.1, 0.15) is 37.0 Å². The molecule has 28 heavy (non-hydrogen) atoms. The first-order chi connectivity index (χ1) is 13.5. The molecule has 2 rings (SSSR count). The lowest BCUT2D eigenvalue weighted by Crippen LogP contribution is -2.15. The van der Waals surface area contributed by atoms with Gasteiger partial charge in [-0.15, -0.1) is 0 Å². The van der Waals surface area contributed by atoms with Gasteiger partial charge in [0, 0.05) is 22.3 Å². The van der Waals surface area contributed by atoms with E-state index in [1.54, 1.807) is 23.9 Å². The molecule has 0 unspecified atom stereocenters. The molecule has 0 spiro atoms. The second-order valence-corrected chi connectivity index (χ2v) is 7.02. The Balaban J connectivity index is 2.04. The molecule has 6 nitrogen and oxygen atoms in total. The van der Waals surface area contributed by atoms with E-state index in [1.165, 1.54) is 6.92 Å². The third-order valence-corrected chi connectivity index (χ3v) is 4.58. The minimum atomic E-state index is -0.555. The van der Waals surface area contributed by atoms with Crippen molar-refractivity contribution in [3.8, 4) is 5.75 Å². The maximum Gasteiger partial charge on any atom is 0.331 e. The molecule has 0 aromatic heterocycles. The molecule has 0 aliphatic heterocycles. The molecule has 1 N–H and O–H groups in total. The highest BCUT2D eigenvalue weighted by Crippen LogP contribution is 2.29. The van der Waals surface area contributed by atoms with Crippen LogP contribution in [0.2, 0.25) is 0 Å². The van der Waals surface area contributed by atoms with Crippen molar-refractivity contribution in [2.24, 2.45) is 5.16 Å². The second-order valence-electron chi connectivity index (χ2n) is 5.87. The monoisotopic (exact) mass is 401 g/mol. The summed E-state index contributed by atoms with van der Waals surface area (Å²) in [6, 6.07) is 14.8. The lowest BCUT2D eigenvalue weighted by molar-refractivity contribution is -0.140. The van der Waals surface area contributed by atoms with Gasteiger partial charge < -0.3 is 14.7 Å². The summed E-state index contributed by atoms with van der Waals surface area (Å²) in [5.74, 6) is -0.0965. The first-order valence-electron chi connectivity index (χ1n) is 8.94. The van der Waals surface area contributed by atoms with Crippen LogP contribution in [0.5, 0.6) is 5.75 Å². The molecule has 148 valence electrons. The molecule has 0 bridgehead atoms. The number of oxime groups is 1. The van der Waals surface area contributed by atoms with Crippen LogP contribution in [-0.4, -0.2) is 35.8 Å². The Hall–Kier alpha value is -2.64. The normalized spacial score (nSPS) is 11.2. The Bertz CT molecular complexity index is 816. The summed E-state index contributed by atoms with van der Waals surface area (Å²) >= 11 is 1.56. The van der Waals surface area contributed by atoms with E-state index < -0.39 is 5.97 Å². The number of carbonyl (C=O) groups is 2. The molecular formula is C21H23NO5S. The van der Waals surface area contributed by atoms with E-state index in [0.29, 0.717) is 17.7 Å². The Kier molecular flexibility index (Phi) is 8.71. The van der Waals surface area contributed by atoms with E-state index in [-0.39, 0.29) is 24.7 Å². The standard InChI is InChI=1S/C21H23NO5S/c1-3-4-20(22-27-15(2)24)21(25)16-5-9-18(10-6-16)28-19-11-7-17(8-12-19)26-14-13-23/h5-12,23H,3-4,13-14H2,1-2H3. The van der Waals surface area contributed by atoms with Crippen molar-refractivity contribution in [1.82, 2.24) is 0 Å². The third-order valence-electron chi connectivity index (χ3n) is 3.57. The van der Waals surface area contributed by atoms with Crippen LogP contribution in [0, 0.1) is 0 Å². The topological polar surface area (TPSA) is 85.2 Å². The van der Waals surface area contributed by atoms with Gasteiger partial charge in [-0.2, -0.15) is 0 Å². The minimum Gasteiger partial charge on any atom is -0.491 e. The number of aliphatic hydroxyl groups is 1. The fourth-order valence-electron chi connectivity index (χ4n) is 2.30. The van der Waals surface area contributed by atoms with Crippen molar-refractivity contribution in [3.63, 3.8) is 0 Å². The summed E-state index contributed by atoms with van der Waals surface area (Å²) in [5.41, 5.74) is 0.730. The predicted octanol–water partition coefficient (Wildman–Crippen LogP) is 4.11. The van der Waals surface area contributed by atoms with Crippen LogP contribution >= 0.6 is 11.8 Å². The molecule has 0 fully saturated rings. The first-order valence-corrected chi connectivity index (χ1v) is 9.76. The predicted molar refractivity (Wildman–Crippen MR) is 108 cm³/mol. The van der Waals surface area contributed by atoms with Gasteiger partial charge in [-0.25, -0.2) is 4.79 Å². The number of ketones is 1. The molecule has 0 radical (unpaired) electrons. The SMILES string of the molecule is CCCC(=NOC(C)=O)C(=O)c1ccc(Sc2ccc(OCCO)cc2)cc1. The van der Waals surface area contributed by atoms with E-state index in [1.807, 2.05) is 43.3 Å². The number of hydrogen-bond donors (Lipinski definition) is 1. The van der Waals surface area contributed by atoms with Crippen molar-refractivity contribution < 1.29 is 24.3 Å². The van der Waals surface area contributed by atoms with Gasteiger partial charge in [0.15, 0.2) is 0 Å². The maximum absolute atomic E-state index is 12.6. The van der Waals surface area contributed by atoms with Crippen LogP contribution in [0.4, 0.5) is 0 Å². The van der Waals surface area contributed by atoms with Gasteiger partial charge in [0.05, 0.1) is 6.61 Å². The molecular weight excluding hydrogens is 378 g/mol. The van der Waals surface area contributed by atoms with Gasteiger partial charge in [-0.1, -0.05) is 30.3 Å². The number of aliphatic hydroxyl groups excluding tert-OH is 1. The fraction of sp³-hybridized carbons (Fsp3) is 0.286. The number of ether oxygens (including phenoxy) is 1. The molecule has 0 saturated heterocycles. The van der Waals surface area contributed by atoms with Crippen molar-refractivity contribution in [2.75, 3.05) is 13.2 Å². The quantitative estimate of drug-likeness (QED) is 0.279. The minimum absolute atomic E-state index is 0.0207. The smallest absolute Gasteiger partial charge is 0.331 e. The van der Waals surface area contributed by atoms with Gasteiger partial charge in [-0.05, 0) is 55.0 Å². The second kappa shape index (κ2) is 11.3. The van der Waals surface area contributed by atoms with Gasteiger partial charge in [0.2, 0.25) is 5.78 Å².